The summed E-state index contributed by atoms with van der Waals surface area (Å²) in [5.41, 5.74) is 5.57. The van der Waals surface area contributed by atoms with Crippen molar-refractivity contribution in [2.75, 3.05) is 24.5 Å². The van der Waals surface area contributed by atoms with Crippen LogP contribution in [-0.2, 0) is 14.9 Å². The van der Waals surface area contributed by atoms with Gasteiger partial charge in [-0.3, -0.25) is 4.72 Å². The van der Waals surface area contributed by atoms with Crippen molar-refractivity contribution in [3.63, 3.8) is 0 Å². The van der Waals surface area contributed by atoms with Crippen molar-refractivity contribution in [3.05, 3.63) is 24.3 Å². The Kier molecular flexibility index (Phi) is 6.07. The molecule has 0 aliphatic heterocycles. The van der Waals surface area contributed by atoms with Crippen LogP contribution in [0, 0.1) is 0 Å². The molecule has 1 amide bonds. The van der Waals surface area contributed by atoms with Gasteiger partial charge < -0.3 is 15.2 Å². The van der Waals surface area contributed by atoms with Crippen LogP contribution >= 0.6 is 0 Å². The van der Waals surface area contributed by atoms with Crippen LogP contribution in [-0.4, -0.2) is 34.3 Å². The Hall–Kier alpha value is -2.00. The van der Waals surface area contributed by atoms with Crippen molar-refractivity contribution in [2.45, 2.75) is 6.92 Å². The van der Waals surface area contributed by atoms with Gasteiger partial charge in [-0.1, -0.05) is 0 Å². The minimum Gasteiger partial charge on any atom is -0.492 e. The third-order valence-electron chi connectivity index (χ3n) is 1.99. The first-order valence-corrected chi connectivity index (χ1v) is 7.35. The fourth-order valence-electron chi connectivity index (χ4n) is 1.25. The normalized spacial score (nSPS) is 10.7. The number of hydrogen-bond acceptors (Lipinski definition) is 6. The first kappa shape index (κ1) is 16.1. The van der Waals surface area contributed by atoms with E-state index >= 15 is 0 Å². The molecule has 1 aromatic rings. The smallest absolute Gasteiger partial charge is 0.422 e. The first-order valence-electron chi connectivity index (χ1n) is 5.87. The quantitative estimate of drug-likeness (QED) is 0.672. The second-order valence-electron chi connectivity index (χ2n) is 3.59. The fourth-order valence-corrected chi connectivity index (χ4v) is 2.02. The molecule has 0 aliphatic rings. The van der Waals surface area contributed by atoms with Crippen LogP contribution in [0.4, 0.5) is 10.5 Å². The summed E-state index contributed by atoms with van der Waals surface area (Å²) in [6.07, 6.45) is -1.04. The third kappa shape index (κ3) is 5.76. The summed E-state index contributed by atoms with van der Waals surface area (Å²) in [6.45, 7) is 2.40. The van der Waals surface area contributed by atoms with Gasteiger partial charge in [0.25, 0.3) is 0 Å². The summed E-state index contributed by atoms with van der Waals surface area (Å²) in [6, 6.07) is 6.15. The maximum Gasteiger partial charge on any atom is 0.422 e. The van der Waals surface area contributed by atoms with Crippen molar-refractivity contribution in [2.24, 2.45) is 5.73 Å². The van der Waals surface area contributed by atoms with E-state index in [0.29, 0.717) is 18.9 Å². The molecule has 4 N–H and O–H groups in total. The average Bonchev–Trinajstić information content (AvgIpc) is 2.37. The Morgan fingerprint density at radius 3 is 2.50 bits per heavy atom. The molecule has 0 aliphatic carbocycles. The molecule has 0 spiro atoms. The second-order valence-corrected chi connectivity index (χ2v) is 5.00. The number of rotatable bonds is 7. The molecule has 0 fully saturated rings. The van der Waals surface area contributed by atoms with E-state index < -0.39 is 16.3 Å². The van der Waals surface area contributed by atoms with Crippen LogP contribution < -0.4 is 19.9 Å². The van der Waals surface area contributed by atoms with Gasteiger partial charge in [-0.2, -0.15) is 8.42 Å². The molecule has 20 heavy (non-hydrogen) atoms. The summed E-state index contributed by atoms with van der Waals surface area (Å²) >= 11 is 0. The van der Waals surface area contributed by atoms with Crippen LogP contribution in [0.25, 0.3) is 0 Å². The van der Waals surface area contributed by atoms with E-state index in [9.17, 15) is 13.2 Å². The van der Waals surface area contributed by atoms with Gasteiger partial charge in [-0.05, 0) is 31.2 Å². The van der Waals surface area contributed by atoms with Crippen LogP contribution in [0.1, 0.15) is 6.92 Å². The number of nitrogens with two attached hydrogens (primary N) is 1. The number of amides is 1. The van der Waals surface area contributed by atoms with E-state index in [0.717, 1.165) is 0 Å². The second kappa shape index (κ2) is 7.56. The van der Waals surface area contributed by atoms with Crippen LogP contribution in [0.3, 0.4) is 0 Å². The lowest BCUT2D eigenvalue weighted by Crippen LogP contribution is -2.35. The van der Waals surface area contributed by atoms with Gasteiger partial charge in [-0.25, -0.2) is 9.52 Å². The molecule has 0 unspecified atom stereocenters. The highest BCUT2D eigenvalue weighted by Gasteiger charge is 2.14. The van der Waals surface area contributed by atoms with Crippen molar-refractivity contribution in [1.29, 1.82) is 0 Å². The average molecular weight is 303 g/mol. The zero-order valence-electron chi connectivity index (χ0n) is 11.0. The van der Waals surface area contributed by atoms with Gasteiger partial charge in [-0.15, -0.1) is 0 Å². The molecule has 9 heteroatoms. The number of carbonyl (C=O) groups is 1. The lowest BCUT2D eigenvalue weighted by Gasteiger charge is -2.10. The highest BCUT2D eigenvalue weighted by atomic mass is 32.2. The molecule has 0 saturated carbocycles. The molecule has 0 bridgehead atoms. The highest BCUT2D eigenvalue weighted by Crippen LogP contribution is 2.16. The number of ether oxygens (including phenoxy) is 2. The molecular formula is C11H17N3O5S. The fraction of sp³-hybridized carbons (Fsp3) is 0.364. The number of benzene rings is 1. The Balaban J connectivity index is 2.61. The van der Waals surface area contributed by atoms with Gasteiger partial charge >= 0.3 is 16.3 Å². The zero-order chi connectivity index (χ0) is 15.0. The Morgan fingerprint density at radius 1 is 1.30 bits per heavy atom. The Morgan fingerprint density at radius 2 is 1.95 bits per heavy atom. The number of carbonyl (C=O) groups excluding carboxylic acids is 1. The Labute approximate surface area is 117 Å². The van der Waals surface area contributed by atoms with Gasteiger partial charge in [0.1, 0.15) is 12.4 Å². The lowest BCUT2D eigenvalue weighted by molar-refractivity contribution is 0.159. The molecule has 0 atom stereocenters. The SMILES string of the molecule is CCOC(=O)NS(=O)(=O)Nc1ccc(OCCN)cc1. The molecule has 0 radical (unpaired) electrons. The topological polar surface area (TPSA) is 120 Å². The maximum atomic E-state index is 11.6. The number of anilines is 1. The van der Waals surface area contributed by atoms with Gasteiger partial charge in [0.2, 0.25) is 0 Å². The minimum atomic E-state index is -4.02. The molecular weight excluding hydrogens is 286 g/mol. The van der Waals surface area contributed by atoms with Crippen molar-refractivity contribution < 1.29 is 22.7 Å². The van der Waals surface area contributed by atoms with Gasteiger partial charge in [0.15, 0.2) is 0 Å². The van der Waals surface area contributed by atoms with E-state index in [4.69, 9.17) is 10.5 Å². The summed E-state index contributed by atoms with van der Waals surface area (Å²) in [7, 11) is -4.02. The molecule has 1 rings (SSSR count). The standard InChI is InChI=1S/C11H17N3O5S/c1-2-18-11(15)14-20(16,17)13-9-3-5-10(6-4-9)19-8-7-12/h3-6,13H,2,7-8,12H2,1H3,(H,14,15). The van der Waals surface area contributed by atoms with Gasteiger partial charge in [0.05, 0.1) is 12.3 Å². The first-order chi connectivity index (χ1) is 9.46. The van der Waals surface area contributed by atoms with Crippen LogP contribution in [0.2, 0.25) is 0 Å². The largest absolute Gasteiger partial charge is 0.492 e. The van der Waals surface area contributed by atoms with E-state index in [-0.39, 0.29) is 12.3 Å². The molecule has 112 valence electrons. The van der Waals surface area contributed by atoms with Crippen LogP contribution in [0.5, 0.6) is 5.75 Å². The van der Waals surface area contributed by atoms with E-state index in [2.05, 4.69) is 9.46 Å². The minimum absolute atomic E-state index is 0.0779. The molecule has 0 aromatic heterocycles. The van der Waals surface area contributed by atoms with E-state index in [1.807, 2.05) is 0 Å². The predicted molar refractivity (Wildman–Crippen MR) is 73.7 cm³/mol. The maximum absolute atomic E-state index is 11.6. The highest BCUT2D eigenvalue weighted by molar-refractivity contribution is 7.91. The molecule has 8 nitrogen and oxygen atoms in total. The molecule has 1 aromatic carbocycles. The van der Waals surface area contributed by atoms with E-state index in [1.165, 1.54) is 12.1 Å². The summed E-state index contributed by atoms with van der Waals surface area (Å²) in [4.78, 5) is 11.0. The summed E-state index contributed by atoms with van der Waals surface area (Å²) in [5.74, 6) is 0.566. The number of nitrogens with one attached hydrogen (secondary N) is 2. The predicted octanol–water partition coefficient (Wildman–Crippen LogP) is 0.427. The van der Waals surface area contributed by atoms with Crippen molar-refractivity contribution >= 4 is 22.0 Å². The monoisotopic (exact) mass is 303 g/mol. The van der Waals surface area contributed by atoms with E-state index in [1.54, 1.807) is 23.8 Å². The molecule has 0 saturated heterocycles. The molecule has 0 heterocycles. The number of hydrogen-bond donors (Lipinski definition) is 3. The van der Waals surface area contributed by atoms with Crippen molar-refractivity contribution in [1.82, 2.24) is 4.72 Å². The van der Waals surface area contributed by atoms with Crippen molar-refractivity contribution in [3.8, 4) is 5.75 Å². The van der Waals surface area contributed by atoms with Crippen LogP contribution in [0.15, 0.2) is 24.3 Å². The third-order valence-corrected chi connectivity index (χ3v) is 2.93. The van der Waals surface area contributed by atoms with Gasteiger partial charge in [0, 0.05) is 6.54 Å². The Bertz CT molecular complexity index is 529. The summed E-state index contributed by atoms with van der Waals surface area (Å²) < 4.78 is 36.7. The summed E-state index contributed by atoms with van der Waals surface area (Å²) in [5, 5.41) is 0. The zero-order valence-corrected chi connectivity index (χ0v) is 11.8. The lowest BCUT2D eigenvalue weighted by atomic mass is 10.3.